The molecule has 0 fully saturated rings. The first-order valence-corrected chi connectivity index (χ1v) is 27.0. The Hall–Kier alpha value is -10.2. The molecule has 84 heavy (non-hydrogen) atoms. The Morgan fingerprint density at radius 3 is 1.92 bits per heavy atom. The predicted molar refractivity (Wildman–Crippen MR) is 311 cm³/mol. The van der Waals surface area contributed by atoms with Gasteiger partial charge in [0.25, 0.3) is 5.91 Å². The van der Waals surface area contributed by atoms with Crippen LogP contribution >= 0.6 is 11.8 Å². The van der Waals surface area contributed by atoms with Crippen LogP contribution in [0.2, 0.25) is 0 Å². The van der Waals surface area contributed by atoms with Crippen LogP contribution < -0.4 is 42.0 Å². The van der Waals surface area contributed by atoms with Gasteiger partial charge in [-0.05, 0) is 122 Å². The van der Waals surface area contributed by atoms with Gasteiger partial charge in [0.2, 0.25) is 0 Å². The van der Waals surface area contributed by atoms with E-state index in [2.05, 4.69) is 62.5 Å². The lowest BCUT2D eigenvalue weighted by atomic mass is 10.1. The van der Waals surface area contributed by atoms with Gasteiger partial charge in [-0.1, -0.05) is 41.2 Å². The summed E-state index contributed by atoms with van der Waals surface area (Å²) in [6, 6.07) is 31.9. The summed E-state index contributed by atoms with van der Waals surface area (Å²) < 4.78 is 44.5. The molecule has 0 atom stereocenters. The fraction of sp³-hybridized carbons (Fsp3) is 0.228. The number of carbonyl (C=O) groups excluding carboxylic acids is 4. The number of alkyl halides is 3. The van der Waals surface area contributed by atoms with E-state index in [1.54, 1.807) is 78.5 Å². The number of aliphatic carboxylic acids is 1. The summed E-state index contributed by atoms with van der Waals surface area (Å²) in [5.41, 5.74) is 5.40. The lowest BCUT2D eigenvalue weighted by Gasteiger charge is -2.14. The number of anilines is 4. The number of halogens is 3. The topological polar surface area (TPSA) is 316 Å². The van der Waals surface area contributed by atoms with E-state index in [4.69, 9.17) is 19.4 Å². The van der Waals surface area contributed by atoms with Crippen LogP contribution in [-0.4, -0.2) is 129 Å². The van der Waals surface area contributed by atoms with Crippen molar-refractivity contribution in [3.63, 3.8) is 0 Å². The van der Waals surface area contributed by atoms with Crippen LogP contribution in [0.1, 0.15) is 52.5 Å². The van der Waals surface area contributed by atoms with Crippen molar-refractivity contribution >= 4 is 92.9 Å². The normalized spacial score (nSPS) is 14.5. The summed E-state index contributed by atoms with van der Waals surface area (Å²) >= 11 is 1.13. The van der Waals surface area contributed by atoms with E-state index in [-0.39, 0.29) is 52.9 Å². The third kappa shape index (κ3) is 17.2. The van der Waals surface area contributed by atoms with Crippen molar-refractivity contribution in [3.8, 4) is 11.5 Å². The van der Waals surface area contributed by atoms with E-state index in [0.717, 1.165) is 47.6 Å². The van der Waals surface area contributed by atoms with E-state index in [9.17, 15) is 42.6 Å². The minimum Gasteiger partial charge on any atom is -0.506 e. The molecule has 0 saturated heterocycles. The van der Waals surface area contributed by atoms with Gasteiger partial charge in [0, 0.05) is 78.2 Å². The number of aliphatic imine (C=N–C) groups is 3. The number of para-hydroxylation sites is 1. The van der Waals surface area contributed by atoms with Crippen molar-refractivity contribution in [2.75, 3.05) is 67.2 Å². The number of benzene rings is 5. The Bertz CT molecular complexity index is 3440. The number of urea groups is 2. The van der Waals surface area contributed by atoms with Gasteiger partial charge in [-0.2, -0.15) is 13.2 Å². The number of esters is 1. The summed E-state index contributed by atoms with van der Waals surface area (Å²) in [4.78, 5) is 75.5. The van der Waals surface area contributed by atoms with Crippen molar-refractivity contribution in [1.82, 2.24) is 30.9 Å². The first-order valence-electron chi connectivity index (χ1n) is 26.1. The van der Waals surface area contributed by atoms with Crippen molar-refractivity contribution in [3.05, 3.63) is 166 Å². The van der Waals surface area contributed by atoms with Crippen molar-refractivity contribution in [1.29, 1.82) is 0 Å². The first kappa shape index (κ1) is 59.9. The number of amidine groups is 2. The number of aliphatic hydroxyl groups excluding tert-OH is 1. The Morgan fingerprint density at radius 1 is 0.774 bits per heavy atom. The van der Waals surface area contributed by atoms with E-state index in [1.807, 2.05) is 42.5 Å². The SMILES string of the molecule is CCOC(=O)C1=C(O)/C(=C/c2ccc(OCCCCn3cc(CCNC(=O)c4cc(NC(=O)Nc5ccc(C6=NCCN6)cc5)cc(NC(=O)Nc5ccc(C6=NCCN6)cc5)c4)nn3)c(O)c2)SC1=Nc1ccccc1.O=C(O)C(F)(F)F. The average molecular weight is 1170 g/mol. The van der Waals surface area contributed by atoms with Crippen LogP contribution in [-0.2, 0) is 27.3 Å². The van der Waals surface area contributed by atoms with E-state index in [1.165, 1.54) is 18.2 Å². The highest BCUT2D eigenvalue weighted by Gasteiger charge is 2.38. The number of aryl methyl sites for hydroxylation is 1. The highest BCUT2D eigenvalue weighted by atomic mass is 32.2. The van der Waals surface area contributed by atoms with Gasteiger partial charge in [0.15, 0.2) is 11.5 Å². The lowest BCUT2D eigenvalue weighted by Crippen LogP contribution is -2.27. The molecule has 10 N–H and O–H groups in total. The second kappa shape index (κ2) is 28.5. The summed E-state index contributed by atoms with van der Waals surface area (Å²) in [6.45, 7) is 5.87. The van der Waals surface area contributed by atoms with Crippen LogP contribution in [0.3, 0.4) is 0 Å². The average Bonchev–Trinajstić information content (AvgIpc) is 3.58. The minimum atomic E-state index is -5.08. The molecule has 4 heterocycles. The number of carboxylic acid groups (broad SMARTS) is 1. The monoisotopic (exact) mass is 1170 g/mol. The molecule has 436 valence electrons. The van der Waals surface area contributed by atoms with Crippen LogP contribution in [0.4, 0.5) is 51.2 Å². The number of nitrogens with zero attached hydrogens (tertiary/aromatic N) is 6. The molecule has 27 heteroatoms. The number of ether oxygens (including phenoxy) is 2. The summed E-state index contributed by atoms with van der Waals surface area (Å²) in [5, 5.41) is 58.3. The molecule has 5 amide bonds. The summed E-state index contributed by atoms with van der Waals surface area (Å²) in [7, 11) is 0. The lowest BCUT2D eigenvalue weighted by molar-refractivity contribution is -0.192. The number of rotatable bonds is 20. The molecule has 1 aromatic heterocycles. The fourth-order valence-corrected chi connectivity index (χ4v) is 9.17. The Morgan fingerprint density at radius 2 is 1.37 bits per heavy atom. The van der Waals surface area contributed by atoms with Crippen molar-refractivity contribution in [2.24, 2.45) is 15.0 Å². The molecule has 5 aromatic carbocycles. The van der Waals surface area contributed by atoms with Crippen molar-refractivity contribution in [2.45, 2.75) is 38.9 Å². The zero-order chi connectivity index (χ0) is 59.6. The molecule has 0 saturated carbocycles. The zero-order valence-electron chi connectivity index (χ0n) is 44.8. The van der Waals surface area contributed by atoms with Crippen LogP contribution in [0.25, 0.3) is 6.08 Å². The molecule has 0 unspecified atom stereocenters. The van der Waals surface area contributed by atoms with Gasteiger partial charge in [0.05, 0.1) is 42.6 Å². The maximum absolute atomic E-state index is 13.6. The highest BCUT2D eigenvalue weighted by Crippen LogP contribution is 2.41. The molecule has 0 spiro atoms. The van der Waals surface area contributed by atoms with Crippen molar-refractivity contribution < 1.29 is 61.9 Å². The quantitative estimate of drug-likeness (QED) is 0.0253. The summed E-state index contributed by atoms with van der Waals surface area (Å²) in [5.74, 6) is -2.34. The maximum Gasteiger partial charge on any atom is 0.490 e. The molecule has 23 nitrogen and oxygen atoms in total. The summed E-state index contributed by atoms with van der Waals surface area (Å²) in [6.07, 6.45) is 0.0827. The Kier molecular flexibility index (Phi) is 20.3. The molecule has 3 aliphatic heterocycles. The molecule has 9 rings (SSSR count). The molecule has 0 bridgehead atoms. The number of aromatic nitrogens is 3. The highest BCUT2D eigenvalue weighted by molar-refractivity contribution is 8.18. The maximum atomic E-state index is 13.6. The molecule has 3 aliphatic rings. The standard InChI is InChI=1S/C55H55N13O8S.C2HF3O2/c1-2-75-53(72)47-48(70)46(77-52(47)61-38-8-4-3-5-9-38)29-34-10-19-45(44(69)28-34)76-27-7-6-26-68-33-41(66-67-68)20-21-60-51(71)37-30-42(64-54(73)62-39-15-11-35(12-16-39)49-56-22-23-57-49)32-43(31-37)65-55(74)63-40-17-13-36(14-18-40)50-58-24-25-59-50;3-2(4,5)1(6)7/h3-5,8-19,28-33,69-70H,2,6-7,20-27H2,1H3,(H,56,57)(H,58,59)(H,60,71)(H2,62,64,73)(H2,63,65,74);(H,6,7)/b46-29-,61-52?;. The molecule has 6 aromatic rings. The smallest absolute Gasteiger partial charge is 0.490 e. The van der Waals surface area contributed by atoms with Crippen LogP contribution in [0.15, 0.2) is 153 Å². The zero-order valence-corrected chi connectivity index (χ0v) is 45.6. The van der Waals surface area contributed by atoms with Gasteiger partial charge in [-0.15, -0.1) is 5.10 Å². The van der Waals surface area contributed by atoms with Crippen LogP contribution in [0.5, 0.6) is 11.5 Å². The van der Waals surface area contributed by atoms with E-state index >= 15 is 0 Å². The number of carboxylic acids is 1. The number of aliphatic hydroxyl groups is 1. The second-order valence-corrected chi connectivity index (χ2v) is 19.3. The third-order valence-corrected chi connectivity index (χ3v) is 13.1. The van der Waals surface area contributed by atoms with Gasteiger partial charge in [-0.25, -0.2) is 24.2 Å². The number of phenols is 1. The second-order valence-electron chi connectivity index (χ2n) is 18.3. The minimum absolute atomic E-state index is 0.0216. The number of thioether (sulfide) groups is 1. The number of amides is 5. The van der Waals surface area contributed by atoms with E-state index in [0.29, 0.717) is 83.8 Å². The Labute approximate surface area is 482 Å². The van der Waals surface area contributed by atoms with E-state index < -0.39 is 36.1 Å². The molecular weight excluding hydrogens is 1120 g/mol. The predicted octanol–water partition coefficient (Wildman–Crippen LogP) is 8.63. The number of phenolic OH excluding ortho intramolecular Hbond substituents is 1. The number of aromatic hydroxyl groups is 1. The fourth-order valence-electron chi connectivity index (χ4n) is 8.13. The Balaban J connectivity index is 0.00000124. The van der Waals surface area contributed by atoms with Gasteiger partial charge < -0.3 is 62.0 Å². The largest absolute Gasteiger partial charge is 0.506 e. The number of unbranched alkanes of at least 4 members (excludes halogenated alkanes) is 1. The number of hydrogen-bond donors (Lipinski definition) is 10. The first-order chi connectivity index (χ1) is 40.5. The molecular formula is C57H56F3N13O10S. The molecule has 0 radical (unpaired) electrons. The van der Waals surface area contributed by atoms with Crippen LogP contribution in [0, 0.1) is 0 Å². The third-order valence-electron chi connectivity index (χ3n) is 12.1. The number of carbonyl (C=O) groups is 5. The number of nitrogens with one attached hydrogen (secondary N) is 7. The van der Waals surface area contributed by atoms with Gasteiger partial charge >= 0.3 is 30.2 Å². The molecule has 0 aliphatic carbocycles. The van der Waals surface area contributed by atoms with Gasteiger partial charge in [-0.3, -0.25) is 19.5 Å². The van der Waals surface area contributed by atoms with Gasteiger partial charge in [0.1, 0.15) is 28.0 Å². The number of hydrogen-bond acceptors (Lipinski definition) is 17.